The van der Waals surface area contributed by atoms with E-state index in [9.17, 15) is 4.79 Å². The second-order valence-electron chi connectivity index (χ2n) is 2.94. The molecule has 0 aromatic carbocycles. The Morgan fingerprint density at radius 3 is 2.77 bits per heavy atom. The Hall–Kier alpha value is -0.960. The number of aryl methyl sites for hydroxylation is 1. The summed E-state index contributed by atoms with van der Waals surface area (Å²) in [6.07, 6.45) is 5.08. The smallest absolute Gasteiger partial charge is 0.0828 e. The molecule has 1 rings (SSSR count). The first kappa shape index (κ1) is 10.1. The number of carbonyl (C=O) groups is 1. The number of unbranched alkanes of at least 4 members (excludes halogenated alkanes) is 1. The third-order valence-electron chi connectivity index (χ3n) is 1.85. The van der Waals surface area contributed by atoms with Crippen LogP contribution in [0.4, 0.5) is 0 Å². The quantitative estimate of drug-likeness (QED) is 0.688. The minimum absolute atomic E-state index is 0.371. The van der Waals surface area contributed by atoms with Gasteiger partial charge in [-0.2, -0.15) is 0 Å². The van der Waals surface area contributed by atoms with Crippen LogP contribution >= 0.6 is 0 Å². The molecule has 70 valence electrons. The molecule has 1 aromatic heterocycles. The molecule has 13 heavy (non-hydrogen) atoms. The predicted molar refractivity (Wildman–Crippen MR) is 54.5 cm³/mol. The molecule has 0 spiro atoms. The number of aromatic nitrogens is 1. The summed E-state index contributed by atoms with van der Waals surface area (Å²) >= 11 is 4.47. The molecular weight excluding hydrogens is 182 g/mol. The Morgan fingerprint density at radius 1 is 1.54 bits per heavy atom. The number of rotatable bonds is 4. The van der Waals surface area contributed by atoms with Crippen LogP contribution in [0.25, 0.3) is 0 Å². The average Bonchev–Trinajstić information content (AvgIpc) is 2.15. The Labute approximate surface area is 83.8 Å². The molecule has 0 amide bonds. The van der Waals surface area contributed by atoms with Crippen LogP contribution in [0.5, 0.6) is 0 Å². The number of nitrogens with zero attached hydrogens (tertiary/aromatic N) is 1. The molecule has 0 aliphatic heterocycles. The highest BCUT2D eigenvalue weighted by Gasteiger charge is 1.95. The molecule has 0 fully saturated rings. The maximum Gasteiger partial charge on any atom is 0.0828 e. The second-order valence-corrected chi connectivity index (χ2v) is 3.31. The van der Waals surface area contributed by atoms with E-state index in [1.807, 2.05) is 6.07 Å². The van der Waals surface area contributed by atoms with E-state index in [0.717, 1.165) is 12.8 Å². The van der Waals surface area contributed by atoms with E-state index in [4.69, 9.17) is 0 Å². The largest absolute Gasteiger partial charge is 0.735 e. The highest BCUT2D eigenvalue weighted by atomic mass is 32.1. The van der Waals surface area contributed by atoms with Gasteiger partial charge >= 0.3 is 0 Å². The van der Waals surface area contributed by atoms with Crippen LogP contribution < -0.4 is 0 Å². The molecule has 0 unspecified atom stereocenters. The van der Waals surface area contributed by atoms with Crippen molar-refractivity contribution in [2.24, 2.45) is 0 Å². The first-order valence-corrected chi connectivity index (χ1v) is 4.81. The number of hydrogen-bond donors (Lipinski definition) is 0. The van der Waals surface area contributed by atoms with Crippen molar-refractivity contribution >= 4 is 17.7 Å². The Balaban J connectivity index is 2.64. The zero-order chi connectivity index (χ0) is 9.68. The van der Waals surface area contributed by atoms with E-state index in [0.29, 0.717) is 5.69 Å². The Kier molecular flexibility index (Phi) is 3.83. The number of carbonyl (C=O) groups excluding carboxylic acids is 1. The Bertz CT molecular complexity index is 281. The van der Waals surface area contributed by atoms with Crippen molar-refractivity contribution in [3.8, 4) is 0 Å². The van der Waals surface area contributed by atoms with Crippen LogP contribution in [0.3, 0.4) is 0 Å². The fourth-order valence-electron chi connectivity index (χ4n) is 1.07. The molecule has 0 radical (unpaired) electrons. The van der Waals surface area contributed by atoms with Crippen LogP contribution in [0.1, 0.15) is 35.8 Å². The fraction of sp³-hybridized carbons (Fsp3) is 0.400. The molecular formula is C10H12NOS-. The molecule has 3 heteroatoms. The first-order valence-electron chi connectivity index (χ1n) is 4.40. The summed E-state index contributed by atoms with van der Waals surface area (Å²) in [4.78, 5) is 14.7. The maximum absolute atomic E-state index is 10.7. The summed E-state index contributed by atoms with van der Waals surface area (Å²) in [5, 5.41) is -0.387. The monoisotopic (exact) mass is 194 g/mol. The van der Waals surface area contributed by atoms with Gasteiger partial charge in [-0.25, -0.2) is 0 Å². The lowest BCUT2D eigenvalue weighted by molar-refractivity contribution is 0.108. The van der Waals surface area contributed by atoms with Crippen molar-refractivity contribution in [1.82, 2.24) is 4.98 Å². The minimum Gasteiger partial charge on any atom is -0.735 e. The van der Waals surface area contributed by atoms with Gasteiger partial charge in [-0.3, -0.25) is 4.98 Å². The van der Waals surface area contributed by atoms with Gasteiger partial charge in [-0.15, -0.1) is 0 Å². The van der Waals surface area contributed by atoms with Crippen LogP contribution in [-0.4, -0.2) is 10.1 Å². The van der Waals surface area contributed by atoms with E-state index < -0.39 is 0 Å². The summed E-state index contributed by atoms with van der Waals surface area (Å²) in [5.41, 5.74) is 1.54. The van der Waals surface area contributed by atoms with Gasteiger partial charge < -0.3 is 17.4 Å². The zero-order valence-electron chi connectivity index (χ0n) is 7.62. The van der Waals surface area contributed by atoms with Gasteiger partial charge in [0.05, 0.1) is 10.8 Å². The van der Waals surface area contributed by atoms with Crippen molar-refractivity contribution in [2.45, 2.75) is 26.2 Å². The second kappa shape index (κ2) is 4.92. The average molecular weight is 194 g/mol. The topological polar surface area (TPSA) is 30.0 Å². The van der Waals surface area contributed by atoms with Crippen molar-refractivity contribution < 1.29 is 4.79 Å². The van der Waals surface area contributed by atoms with Gasteiger partial charge in [-0.05, 0) is 24.5 Å². The number of hydrogen-bond acceptors (Lipinski definition) is 3. The van der Waals surface area contributed by atoms with Gasteiger partial charge in [0, 0.05) is 6.20 Å². The molecule has 0 aliphatic carbocycles. The molecule has 1 heterocycles. The lowest BCUT2D eigenvalue weighted by Crippen LogP contribution is -1.97. The predicted octanol–water partition coefficient (Wildman–Crippen LogP) is 2.11. The van der Waals surface area contributed by atoms with Crippen LogP contribution in [0, 0.1) is 0 Å². The summed E-state index contributed by atoms with van der Waals surface area (Å²) in [6, 6.07) is 3.61. The molecule has 0 aliphatic rings. The van der Waals surface area contributed by atoms with Crippen LogP contribution in [0.2, 0.25) is 0 Å². The van der Waals surface area contributed by atoms with Gasteiger partial charge in [0.25, 0.3) is 0 Å². The highest BCUT2D eigenvalue weighted by Crippen LogP contribution is 2.04. The molecule has 0 saturated heterocycles. The molecule has 2 nitrogen and oxygen atoms in total. The molecule has 0 N–H and O–H groups in total. The van der Waals surface area contributed by atoms with E-state index in [1.54, 1.807) is 12.3 Å². The van der Waals surface area contributed by atoms with Crippen molar-refractivity contribution in [3.63, 3.8) is 0 Å². The first-order chi connectivity index (χ1) is 6.24. The minimum atomic E-state index is -0.387. The van der Waals surface area contributed by atoms with Crippen LogP contribution in [-0.2, 0) is 19.0 Å². The fourth-order valence-corrected chi connectivity index (χ4v) is 1.19. The maximum atomic E-state index is 10.7. The van der Waals surface area contributed by atoms with Crippen molar-refractivity contribution in [2.75, 3.05) is 0 Å². The van der Waals surface area contributed by atoms with Gasteiger partial charge in [0.1, 0.15) is 0 Å². The number of pyridine rings is 1. The Morgan fingerprint density at radius 2 is 2.31 bits per heavy atom. The van der Waals surface area contributed by atoms with E-state index in [2.05, 4.69) is 24.5 Å². The van der Waals surface area contributed by atoms with E-state index in [-0.39, 0.29) is 5.12 Å². The van der Waals surface area contributed by atoms with Crippen molar-refractivity contribution in [1.29, 1.82) is 0 Å². The summed E-state index contributed by atoms with van der Waals surface area (Å²) < 4.78 is 0. The van der Waals surface area contributed by atoms with Crippen LogP contribution in [0.15, 0.2) is 18.3 Å². The lowest BCUT2D eigenvalue weighted by Gasteiger charge is -2.03. The van der Waals surface area contributed by atoms with Crippen molar-refractivity contribution in [3.05, 3.63) is 29.6 Å². The molecule has 1 aromatic rings. The van der Waals surface area contributed by atoms with Gasteiger partial charge in [-0.1, -0.05) is 19.4 Å². The highest BCUT2D eigenvalue weighted by molar-refractivity contribution is 7.77. The third kappa shape index (κ3) is 3.11. The van der Waals surface area contributed by atoms with Gasteiger partial charge in [0.2, 0.25) is 0 Å². The summed E-state index contributed by atoms with van der Waals surface area (Å²) in [6.45, 7) is 2.15. The zero-order valence-corrected chi connectivity index (χ0v) is 8.43. The SMILES string of the molecule is CCCCc1ccc(C(=O)[S-])nc1. The normalized spacial score (nSPS) is 9.92. The third-order valence-corrected chi connectivity index (χ3v) is 2.06. The van der Waals surface area contributed by atoms with E-state index >= 15 is 0 Å². The summed E-state index contributed by atoms with van der Waals surface area (Å²) in [5.74, 6) is 0. The van der Waals surface area contributed by atoms with E-state index in [1.165, 1.54) is 12.0 Å². The molecule has 0 saturated carbocycles. The standard InChI is InChI=1S/C10H13NOS/c1-2-3-4-8-5-6-9(10(12)13)11-7-8/h5-7H,2-4H2,1H3,(H,12,13)/p-1. The summed E-state index contributed by atoms with van der Waals surface area (Å²) in [7, 11) is 0. The lowest BCUT2D eigenvalue weighted by atomic mass is 10.1. The molecule has 0 atom stereocenters. The van der Waals surface area contributed by atoms with Gasteiger partial charge in [0.15, 0.2) is 0 Å². The molecule has 0 bridgehead atoms.